The summed E-state index contributed by atoms with van der Waals surface area (Å²) in [4.78, 5) is 54.5. The van der Waals surface area contributed by atoms with Gasteiger partial charge in [-0.25, -0.2) is 5.01 Å². The zero-order valence-corrected chi connectivity index (χ0v) is 65.1. The summed E-state index contributed by atoms with van der Waals surface area (Å²) in [5.41, 5.74) is 1.04. The van der Waals surface area contributed by atoms with Crippen molar-refractivity contribution < 1.29 is 47.2 Å². The normalized spacial score (nSPS) is 12.4. The fraction of sp³-hybridized carbons (Fsp3) is 0.880. The third-order valence-corrected chi connectivity index (χ3v) is 20.3. The number of hydrogen-bond donors (Lipinski definition) is 0. The van der Waals surface area contributed by atoms with Crippen LogP contribution in [0.25, 0.3) is 0 Å². The lowest BCUT2D eigenvalue weighted by atomic mass is 10.0. The molecule has 1 aromatic rings. The van der Waals surface area contributed by atoms with E-state index >= 15 is 0 Å². The van der Waals surface area contributed by atoms with Crippen LogP contribution in [-0.4, -0.2) is 84.4 Å². The van der Waals surface area contributed by atoms with Crippen LogP contribution in [0.15, 0.2) is 30.3 Å². The summed E-state index contributed by atoms with van der Waals surface area (Å²) in [7, 11) is -2.03. The van der Waals surface area contributed by atoms with Gasteiger partial charge in [-0.1, -0.05) is 366 Å². The van der Waals surface area contributed by atoms with Crippen LogP contribution in [0.4, 0.5) is 0 Å². The van der Waals surface area contributed by atoms with Gasteiger partial charge in [0.25, 0.3) is 8.53 Å². The van der Waals surface area contributed by atoms with E-state index in [-0.39, 0.29) is 75.2 Å². The van der Waals surface area contributed by atoms with Gasteiger partial charge in [0.05, 0.1) is 13.2 Å². The van der Waals surface area contributed by atoms with Gasteiger partial charge in [-0.15, -0.1) is 0 Å². The number of rotatable bonds is 74. The topological polar surface area (TPSA) is 130 Å². The highest BCUT2D eigenvalue weighted by molar-refractivity contribution is 7.44. The van der Waals surface area contributed by atoms with Gasteiger partial charge in [-0.05, 0) is 58.9 Å². The number of benzene rings is 1. The number of unbranched alkanes of at least 4 members (excludes halogenated alkanes) is 48. The molecule has 0 aliphatic carbocycles. The van der Waals surface area contributed by atoms with Gasteiger partial charge in [-0.2, -0.15) is 4.78 Å². The summed E-state index contributed by atoms with van der Waals surface area (Å²) < 4.78 is 40.3. The molecule has 0 unspecified atom stereocenters. The van der Waals surface area contributed by atoms with Crippen molar-refractivity contribution in [2.45, 2.75) is 446 Å². The van der Waals surface area contributed by atoms with Gasteiger partial charge in [0.2, 0.25) is 0 Å². The Morgan fingerprint density at radius 3 is 0.781 bits per heavy atom. The molecule has 0 saturated heterocycles. The molecule has 0 amide bonds. The van der Waals surface area contributed by atoms with Gasteiger partial charge in [0.1, 0.15) is 13.2 Å². The van der Waals surface area contributed by atoms with Gasteiger partial charge in [0, 0.05) is 44.3 Å². The number of carbonyl (C=O) groups is 4. The first-order chi connectivity index (χ1) is 46.9. The molecule has 13 heteroatoms. The minimum atomic E-state index is -2.03. The van der Waals surface area contributed by atoms with Crippen molar-refractivity contribution >= 4 is 32.4 Å². The Morgan fingerprint density at radius 2 is 0.542 bits per heavy atom. The van der Waals surface area contributed by atoms with E-state index in [1.165, 1.54) is 257 Å². The smallest absolute Gasteiger partial charge is 0.306 e. The molecule has 0 aliphatic heterocycles. The summed E-state index contributed by atoms with van der Waals surface area (Å²) in [5.74, 6) is -1.30. The first-order valence-electron chi connectivity index (χ1n) is 41.3. The molecule has 0 radical (unpaired) electrons. The third-order valence-electron chi connectivity index (χ3n) is 18.8. The number of esters is 4. The molecule has 2 atom stereocenters. The predicted molar refractivity (Wildman–Crippen MR) is 406 cm³/mol. The predicted octanol–water partition coefficient (Wildman–Crippen LogP) is 25.6. The Hall–Kier alpha value is -2.63. The Balaban J connectivity index is 3.31. The van der Waals surface area contributed by atoms with Gasteiger partial charge < -0.3 is 28.0 Å². The molecule has 96 heavy (non-hydrogen) atoms. The van der Waals surface area contributed by atoms with E-state index in [9.17, 15) is 19.2 Å². The van der Waals surface area contributed by atoms with E-state index in [0.717, 1.165) is 82.6 Å². The van der Waals surface area contributed by atoms with Crippen LogP contribution in [0.1, 0.15) is 421 Å². The van der Waals surface area contributed by atoms with Crippen molar-refractivity contribution in [3.8, 4) is 0 Å². The van der Waals surface area contributed by atoms with Crippen LogP contribution in [0.5, 0.6) is 0 Å². The van der Waals surface area contributed by atoms with E-state index in [1.807, 2.05) is 18.2 Å². The Morgan fingerprint density at radius 1 is 0.312 bits per heavy atom. The first-order valence-corrected chi connectivity index (χ1v) is 42.4. The van der Waals surface area contributed by atoms with Crippen LogP contribution in [0, 0.1) is 0 Å². The lowest BCUT2D eigenvalue weighted by molar-refractivity contribution is -0.162. The number of hydrogen-bond acceptors (Lipinski definition) is 12. The van der Waals surface area contributed by atoms with E-state index < -0.39 is 20.7 Å². The Labute approximate surface area is 594 Å². The molecule has 0 fully saturated rings. The van der Waals surface area contributed by atoms with Crippen molar-refractivity contribution in [1.29, 1.82) is 0 Å². The van der Waals surface area contributed by atoms with E-state index in [1.54, 1.807) is 0 Å². The van der Waals surface area contributed by atoms with Gasteiger partial charge in [0.15, 0.2) is 12.2 Å². The molecule has 0 saturated carbocycles. The van der Waals surface area contributed by atoms with E-state index in [4.69, 9.17) is 28.0 Å². The number of hydrazine groups is 1. The summed E-state index contributed by atoms with van der Waals surface area (Å²) in [6, 6.07) is 10.2. The average molecular weight is 1370 g/mol. The average Bonchev–Trinajstić information content (AvgIpc) is 0.883. The molecule has 562 valence electrons. The summed E-state index contributed by atoms with van der Waals surface area (Å²) in [5, 5.41) is 2.25. The lowest BCUT2D eigenvalue weighted by Gasteiger charge is -2.43. The van der Waals surface area contributed by atoms with Crippen molar-refractivity contribution in [1.82, 2.24) is 9.79 Å². The first kappa shape index (κ1) is 91.4. The quantitative estimate of drug-likeness (QED) is 0.0202. The van der Waals surface area contributed by atoms with Crippen molar-refractivity contribution in [2.75, 3.05) is 26.4 Å². The maximum Gasteiger partial charge on any atom is 0.306 e. The monoisotopic (exact) mass is 1370 g/mol. The molecule has 1 aromatic carbocycles. The molecule has 1 rings (SSSR count). The SMILES string of the molecule is CCCCCCCCCCCCCCCC(=O)OC[C@@H](COP(OC[C@H](COC(=O)CCCCCCCCCCCCCCC)OC(=O)CCCCCCCCCCCCCCC)N(Cc1ccccc1)N(C(C)C)C(C)C)OC(=O)CCCCCCCCCCCCCCC. The second-order valence-corrected chi connectivity index (χ2v) is 30.4. The van der Waals surface area contributed by atoms with Crippen molar-refractivity contribution in [2.24, 2.45) is 0 Å². The van der Waals surface area contributed by atoms with Crippen LogP contribution in [-0.2, 0) is 53.7 Å². The number of nitrogens with zero attached hydrogens (tertiary/aromatic N) is 2. The Kier molecular flexibility index (Phi) is 66.1. The summed E-state index contributed by atoms with van der Waals surface area (Å²) in [6.07, 6.45) is 62.7. The van der Waals surface area contributed by atoms with E-state index in [2.05, 4.69) is 77.3 Å². The molecule has 0 aromatic heterocycles. The van der Waals surface area contributed by atoms with Crippen molar-refractivity contribution in [3.63, 3.8) is 0 Å². The third kappa shape index (κ3) is 58.1. The molecule has 0 spiro atoms. The summed E-state index contributed by atoms with van der Waals surface area (Å²) >= 11 is 0. The molecule has 12 nitrogen and oxygen atoms in total. The van der Waals surface area contributed by atoms with Gasteiger partial charge >= 0.3 is 23.9 Å². The molecular weight excluding hydrogens is 1220 g/mol. The maximum atomic E-state index is 13.8. The maximum absolute atomic E-state index is 13.8. The Bertz CT molecular complexity index is 1750. The highest BCUT2D eigenvalue weighted by Gasteiger charge is 2.34. The van der Waals surface area contributed by atoms with Gasteiger partial charge in [-0.3, -0.25) is 19.2 Å². The van der Waals surface area contributed by atoms with Crippen LogP contribution in [0.2, 0.25) is 0 Å². The molecule has 0 bridgehead atoms. The molecular formula is C83H155N2O10P. The van der Waals surface area contributed by atoms with Crippen LogP contribution in [0.3, 0.4) is 0 Å². The zero-order valence-electron chi connectivity index (χ0n) is 64.3. The largest absolute Gasteiger partial charge is 0.462 e. The van der Waals surface area contributed by atoms with Crippen molar-refractivity contribution in [3.05, 3.63) is 35.9 Å². The fourth-order valence-electron chi connectivity index (χ4n) is 13.0. The standard InChI is InChI=1S/C83H155N2O10P/c1-9-13-17-21-25-29-33-37-41-45-49-53-60-66-80(86)90-71-78(94-82(88)68-62-55-51-47-43-39-35-31-27-23-19-15-11-3)73-92-96(84(85(75(5)6)76(7)8)70-77-64-58-57-59-65-77)93-74-79(95-83(89)69-63-56-52-48-44-40-36-32-28-24-20-16-12-4)72-91-81(87)67-61-54-50-46-42-38-34-30-26-22-18-14-10-2/h57-59,64-65,75-76,78-79H,9-56,60-63,66-74H2,1-8H3/t78-,79-/m0/s1. The van der Waals surface area contributed by atoms with E-state index in [0.29, 0.717) is 19.4 Å². The lowest BCUT2D eigenvalue weighted by Crippen LogP contribution is -2.48. The highest BCUT2D eigenvalue weighted by atomic mass is 31.2. The second-order valence-electron chi connectivity index (χ2n) is 29.0. The minimum Gasteiger partial charge on any atom is -0.462 e. The molecule has 0 N–H and O–H groups in total. The number of carbonyl (C=O) groups excluding carboxylic acids is 4. The molecule has 0 heterocycles. The fourth-order valence-corrected chi connectivity index (χ4v) is 14.7. The van der Waals surface area contributed by atoms with Crippen LogP contribution >= 0.6 is 8.53 Å². The molecule has 0 aliphatic rings. The zero-order chi connectivity index (χ0) is 69.8. The second kappa shape index (κ2) is 69.5. The number of ether oxygens (including phenoxy) is 4. The minimum absolute atomic E-state index is 0.0194. The van der Waals surface area contributed by atoms with Crippen LogP contribution < -0.4 is 0 Å². The summed E-state index contributed by atoms with van der Waals surface area (Å²) in [6.45, 7) is 17.6. The highest BCUT2D eigenvalue weighted by Crippen LogP contribution is 2.47.